The Balaban J connectivity index is 1.79. The molecule has 17 heavy (non-hydrogen) atoms. The third kappa shape index (κ3) is 3.33. The van der Waals surface area contributed by atoms with Gasteiger partial charge in [0.15, 0.2) is 0 Å². The minimum atomic E-state index is -0.416. The number of likely N-dealkylation sites (tertiary alicyclic amines) is 1. The second kappa shape index (κ2) is 5.87. The fraction of sp³-hybridized carbons (Fsp3) is 0.538. The fourth-order valence-electron chi connectivity index (χ4n) is 2.11. The summed E-state index contributed by atoms with van der Waals surface area (Å²) in [7, 11) is 0. The maximum Gasteiger partial charge on any atom is 0.149 e. The Kier molecular flexibility index (Phi) is 4.20. The van der Waals surface area contributed by atoms with Crippen molar-refractivity contribution in [3.8, 4) is 5.75 Å². The molecular formula is C13H19FN2O. The number of ether oxygens (including phenoxy) is 1. The summed E-state index contributed by atoms with van der Waals surface area (Å²) < 4.78 is 18.7. The van der Waals surface area contributed by atoms with E-state index in [2.05, 4.69) is 4.90 Å². The quantitative estimate of drug-likeness (QED) is 0.818. The maximum absolute atomic E-state index is 13.1. The van der Waals surface area contributed by atoms with Gasteiger partial charge in [-0.2, -0.15) is 0 Å². The first-order valence-electron chi connectivity index (χ1n) is 6.16. The van der Waals surface area contributed by atoms with Crippen LogP contribution in [0.3, 0.4) is 0 Å². The minimum absolute atomic E-state index is 0.103. The van der Waals surface area contributed by atoms with Crippen molar-refractivity contribution in [2.24, 2.45) is 0 Å². The molecule has 1 aromatic rings. The van der Waals surface area contributed by atoms with E-state index in [9.17, 15) is 4.39 Å². The minimum Gasteiger partial charge on any atom is -0.490 e. The Labute approximate surface area is 101 Å². The van der Waals surface area contributed by atoms with Crippen molar-refractivity contribution in [2.45, 2.75) is 19.3 Å². The number of benzene rings is 1. The van der Waals surface area contributed by atoms with E-state index >= 15 is 0 Å². The number of nitrogens with zero attached hydrogens (tertiary/aromatic N) is 1. The third-order valence-electron chi connectivity index (χ3n) is 3.13. The van der Waals surface area contributed by atoms with Crippen molar-refractivity contribution < 1.29 is 9.13 Å². The lowest BCUT2D eigenvalue weighted by molar-refractivity contribution is 0.183. The molecule has 1 fully saturated rings. The lowest BCUT2D eigenvalue weighted by Crippen LogP contribution is -2.33. The molecule has 0 saturated carbocycles. The molecule has 1 saturated heterocycles. The fourth-order valence-corrected chi connectivity index (χ4v) is 2.11. The molecule has 0 radical (unpaired) electrons. The van der Waals surface area contributed by atoms with Crippen LogP contribution in [0.4, 0.5) is 10.1 Å². The van der Waals surface area contributed by atoms with Gasteiger partial charge >= 0.3 is 0 Å². The molecule has 0 spiro atoms. The summed E-state index contributed by atoms with van der Waals surface area (Å²) >= 11 is 0. The number of piperidine rings is 1. The summed E-state index contributed by atoms with van der Waals surface area (Å²) in [5, 5.41) is 0. The van der Waals surface area contributed by atoms with Crippen LogP contribution in [0.1, 0.15) is 19.3 Å². The van der Waals surface area contributed by atoms with Crippen LogP contribution in [0.15, 0.2) is 18.2 Å². The highest BCUT2D eigenvalue weighted by Gasteiger charge is 2.10. The van der Waals surface area contributed by atoms with Crippen LogP contribution >= 0.6 is 0 Å². The van der Waals surface area contributed by atoms with Gasteiger partial charge in [0.05, 0.1) is 0 Å². The Morgan fingerprint density at radius 2 is 2.00 bits per heavy atom. The van der Waals surface area contributed by atoms with E-state index in [1.165, 1.54) is 25.3 Å². The van der Waals surface area contributed by atoms with E-state index in [0.717, 1.165) is 19.6 Å². The zero-order chi connectivity index (χ0) is 12.1. The Hall–Kier alpha value is -1.29. The third-order valence-corrected chi connectivity index (χ3v) is 3.13. The number of hydrogen-bond donors (Lipinski definition) is 1. The van der Waals surface area contributed by atoms with Crippen LogP contribution in [0.5, 0.6) is 5.75 Å². The van der Waals surface area contributed by atoms with Crippen LogP contribution in [-0.2, 0) is 0 Å². The number of hydrogen-bond acceptors (Lipinski definition) is 3. The van der Waals surface area contributed by atoms with Gasteiger partial charge in [-0.05, 0) is 38.1 Å². The highest BCUT2D eigenvalue weighted by Crippen LogP contribution is 2.23. The predicted molar refractivity (Wildman–Crippen MR) is 66.6 cm³/mol. The molecule has 94 valence electrons. The molecule has 0 aromatic heterocycles. The molecule has 4 heteroatoms. The molecule has 3 nitrogen and oxygen atoms in total. The van der Waals surface area contributed by atoms with E-state index in [0.29, 0.717) is 12.4 Å². The molecule has 2 N–H and O–H groups in total. The van der Waals surface area contributed by atoms with E-state index < -0.39 is 5.82 Å². The normalized spacial score (nSPS) is 17.0. The number of rotatable bonds is 4. The molecule has 0 amide bonds. The summed E-state index contributed by atoms with van der Waals surface area (Å²) in [6, 6.07) is 4.66. The van der Waals surface area contributed by atoms with E-state index in [1.54, 1.807) is 12.1 Å². The van der Waals surface area contributed by atoms with Crippen molar-refractivity contribution in [3.05, 3.63) is 24.0 Å². The van der Waals surface area contributed by atoms with Crippen LogP contribution in [0, 0.1) is 5.82 Å². The van der Waals surface area contributed by atoms with Crippen LogP contribution in [0.25, 0.3) is 0 Å². The van der Waals surface area contributed by atoms with Crippen LogP contribution < -0.4 is 10.5 Å². The lowest BCUT2D eigenvalue weighted by atomic mass is 10.1. The van der Waals surface area contributed by atoms with Crippen LogP contribution in [0.2, 0.25) is 0 Å². The number of nitrogen functional groups attached to an aromatic ring is 1. The molecule has 0 bridgehead atoms. The molecular weight excluding hydrogens is 219 g/mol. The van der Waals surface area contributed by atoms with Crippen molar-refractivity contribution in [1.82, 2.24) is 4.90 Å². The largest absolute Gasteiger partial charge is 0.490 e. The highest BCUT2D eigenvalue weighted by molar-refractivity contribution is 5.53. The smallest absolute Gasteiger partial charge is 0.149 e. The van der Waals surface area contributed by atoms with Gasteiger partial charge in [0.2, 0.25) is 0 Å². The molecule has 0 aliphatic carbocycles. The topological polar surface area (TPSA) is 38.5 Å². The Morgan fingerprint density at radius 1 is 1.24 bits per heavy atom. The zero-order valence-corrected chi connectivity index (χ0v) is 9.99. The number of anilines is 1. The van der Waals surface area contributed by atoms with Gasteiger partial charge in [0.1, 0.15) is 23.9 Å². The summed E-state index contributed by atoms with van der Waals surface area (Å²) in [5.41, 5.74) is 5.69. The van der Waals surface area contributed by atoms with Gasteiger partial charge in [-0.1, -0.05) is 12.5 Å². The van der Waals surface area contributed by atoms with Gasteiger partial charge in [-0.3, -0.25) is 4.90 Å². The first-order chi connectivity index (χ1) is 8.27. The summed E-state index contributed by atoms with van der Waals surface area (Å²) in [6.45, 7) is 3.73. The van der Waals surface area contributed by atoms with Crippen molar-refractivity contribution in [1.29, 1.82) is 0 Å². The van der Waals surface area contributed by atoms with Crippen molar-refractivity contribution in [3.63, 3.8) is 0 Å². The second-order valence-electron chi connectivity index (χ2n) is 4.40. The van der Waals surface area contributed by atoms with E-state index in [-0.39, 0.29) is 5.69 Å². The first kappa shape index (κ1) is 12.2. The van der Waals surface area contributed by atoms with E-state index in [4.69, 9.17) is 10.5 Å². The molecule has 1 aromatic carbocycles. The van der Waals surface area contributed by atoms with Gasteiger partial charge in [-0.25, -0.2) is 4.39 Å². The van der Waals surface area contributed by atoms with Crippen molar-refractivity contribution >= 4 is 5.69 Å². The first-order valence-corrected chi connectivity index (χ1v) is 6.16. The molecule has 0 unspecified atom stereocenters. The Morgan fingerprint density at radius 3 is 2.76 bits per heavy atom. The summed E-state index contributed by atoms with van der Waals surface area (Å²) in [4.78, 5) is 2.37. The maximum atomic E-state index is 13.1. The standard InChI is InChI=1S/C13H19FN2O/c14-11-5-4-6-12(13(11)15)17-10-9-16-7-2-1-3-8-16/h4-6H,1-3,7-10,15H2. The van der Waals surface area contributed by atoms with Gasteiger partial charge in [0, 0.05) is 6.54 Å². The van der Waals surface area contributed by atoms with Gasteiger partial charge in [0.25, 0.3) is 0 Å². The average molecular weight is 238 g/mol. The summed E-state index contributed by atoms with van der Waals surface area (Å²) in [5.74, 6) is 0.0301. The SMILES string of the molecule is Nc1c(F)cccc1OCCN1CCCCC1. The van der Waals surface area contributed by atoms with Crippen molar-refractivity contribution in [2.75, 3.05) is 32.0 Å². The second-order valence-corrected chi connectivity index (χ2v) is 4.40. The van der Waals surface area contributed by atoms with E-state index in [1.807, 2.05) is 0 Å². The molecule has 2 rings (SSSR count). The zero-order valence-electron chi connectivity index (χ0n) is 9.99. The Bertz CT molecular complexity index is 364. The van der Waals surface area contributed by atoms with Gasteiger partial charge < -0.3 is 10.5 Å². The predicted octanol–water partition coefficient (Wildman–Crippen LogP) is 2.27. The lowest BCUT2D eigenvalue weighted by Gasteiger charge is -2.26. The molecule has 1 aliphatic heterocycles. The molecule has 0 atom stereocenters. The van der Waals surface area contributed by atoms with Crippen LogP contribution in [-0.4, -0.2) is 31.1 Å². The summed E-state index contributed by atoms with van der Waals surface area (Å²) in [6.07, 6.45) is 3.86. The number of nitrogens with two attached hydrogens (primary N) is 1. The average Bonchev–Trinajstić information content (AvgIpc) is 2.36. The van der Waals surface area contributed by atoms with Gasteiger partial charge in [-0.15, -0.1) is 0 Å². The highest BCUT2D eigenvalue weighted by atomic mass is 19.1. The number of para-hydroxylation sites is 1. The number of halogens is 1. The molecule has 1 aliphatic rings. The molecule has 1 heterocycles. The monoisotopic (exact) mass is 238 g/mol.